The van der Waals surface area contributed by atoms with E-state index in [9.17, 15) is 0 Å². The SMILES string of the molecule is N#CCc1cc(N)cnc1-c1ccc(Cl)c(Cl)c1. The third kappa shape index (κ3) is 2.56. The smallest absolute Gasteiger partial charge is 0.0746 e. The van der Waals surface area contributed by atoms with Gasteiger partial charge in [0.25, 0.3) is 0 Å². The third-order valence-corrected chi connectivity index (χ3v) is 3.19. The second kappa shape index (κ2) is 5.26. The first-order valence-corrected chi connectivity index (χ1v) is 5.94. The molecule has 90 valence electrons. The molecular formula is C13H9Cl2N3. The monoisotopic (exact) mass is 277 g/mol. The van der Waals surface area contributed by atoms with Crippen LogP contribution < -0.4 is 5.73 Å². The van der Waals surface area contributed by atoms with Crippen molar-refractivity contribution in [1.82, 2.24) is 4.98 Å². The van der Waals surface area contributed by atoms with E-state index < -0.39 is 0 Å². The lowest BCUT2D eigenvalue weighted by Gasteiger charge is -2.08. The van der Waals surface area contributed by atoms with Crippen LogP contribution in [0.1, 0.15) is 5.56 Å². The van der Waals surface area contributed by atoms with Crippen LogP contribution in [0, 0.1) is 11.3 Å². The highest BCUT2D eigenvalue weighted by atomic mass is 35.5. The number of nitrogens with two attached hydrogens (primary N) is 1. The Kier molecular flexibility index (Phi) is 3.71. The molecule has 1 aromatic heterocycles. The summed E-state index contributed by atoms with van der Waals surface area (Å²) in [5.74, 6) is 0. The molecule has 0 unspecified atom stereocenters. The van der Waals surface area contributed by atoms with Crippen molar-refractivity contribution < 1.29 is 0 Å². The van der Waals surface area contributed by atoms with Gasteiger partial charge < -0.3 is 5.73 Å². The van der Waals surface area contributed by atoms with Gasteiger partial charge in [0, 0.05) is 5.56 Å². The minimum absolute atomic E-state index is 0.244. The van der Waals surface area contributed by atoms with Gasteiger partial charge in [0.05, 0.1) is 40.1 Å². The van der Waals surface area contributed by atoms with E-state index in [4.69, 9.17) is 34.2 Å². The molecule has 0 aliphatic heterocycles. The molecule has 18 heavy (non-hydrogen) atoms. The van der Waals surface area contributed by atoms with E-state index in [1.807, 2.05) is 6.07 Å². The predicted octanol–water partition coefficient (Wildman–Crippen LogP) is 3.70. The Morgan fingerprint density at radius 2 is 2.00 bits per heavy atom. The van der Waals surface area contributed by atoms with Crippen molar-refractivity contribution in [3.63, 3.8) is 0 Å². The van der Waals surface area contributed by atoms with E-state index in [2.05, 4.69) is 11.1 Å². The molecule has 0 radical (unpaired) electrons. The normalized spacial score (nSPS) is 10.1. The average Bonchev–Trinajstić information content (AvgIpc) is 2.34. The van der Waals surface area contributed by atoms with Gasteiger partial charge in [0.2, 0.25) is 0 Å². The summed E-state index contributed by atoms with van der Waals surface area (Å²) < 4.78 is 0. The summed E-state index contributed by atoms with van der Waals surface area (Å²) in [5, 5.41) is 9.75. The molecule has 0 atom stereocenters. The van der Waals surface area contributed by atoms with Crippen molar-refractivity contribution in [2.24, 2.45) is 0 Å². The molecule has 2 rings (SSSR count). The van der Waals surface area contributed by atoms with Gasteiger partial charge in [-0.15, -0.1) is 0 Å². The van der Waals surface area contributed by atoms with Crippen LogP contribution in [-0.2, 0) is 6.42 Å². The highest BCUT2D eigenvalue weighted by Crippen LogP contribution is 2.29. The predicted molar refractivity (Wildman–Crippen MR) is 73.4 cm³/mol. The maximum atomic E-state index is 8.81. The molecule has 0 aliphatic carbocycles. The van der Waals surface area contributed by atoms with Gasteiger partial charge in [-0.05, 0) is 23.8 Å². The van der Waals surface area contributed by atoms with Crippen molar-refractivity contribution >= 4 is 28.9 Å². The van der Waals surface area contributed by atoms with Crippen LogP contribution >= 0.6 is 23.2 Å². The fourth-order valence-electron chi connectivity index (χ4n) is 1.65. The number of anilines is 1. The zero-order valence-corrected chi connectivity index (χ0v) is 10.8. The summed E-state index contributed by atoms with van der Waals surface area (Å²) in [7, 11) is 0. The highest BCUT2D eigenvalue weighted by molar-refractivity contribution is 6.42. The van der Waals surface area contributed by atoms with Crippen molar-refractivity contribution in [3.8, 4) is 17.3 Å². The molecule has 0 saturated carbocycles. The molecule has 0 saturated heterocycles. The quantitative estimate of drug-likeness (QED) is 0.910. The van der Waals surface area contributed by atoms with Crippen LogP contribution in [0.4, 0.5) is 5.69 Å². The first-order valence-electron chi connectivity index (χ1n) is 5.18. The Morgan fingerprint density at radius 1 is 1.22 bits per heavy atom. The number of halogens is 2. The van der Waals surface area contributed by atoms with Crippen LogP contribution in [0.3, 0.4) is 0 Å². The minimum Gasteiger partial charge on any atom is -0.397 e. The number of nitrogen functional groups attached to an aromatic ring is 1. The lowest BCUT2D eigenvalue weighted by molar-refractivity contribution is 1.20. The van der Waals surface area contributed by atoms with Gasteiger partial charge in [-0.1, -0.05) is 29.3 Å². The van der Waals surface area contributed by atoms with Crippen LogP contribution in [0.5, 0.6) is 0 Å². The van der Waals surface area contributed by atoms with E-state index in [-0.39, 0.29) is 6.42 Å². The second-order valence-electron chi connectivity index (χ2n) is 3.74. The highest BCUT2D eigenvalue weighted by Gasteiger charge is 2.09. The Balaban J connectivity index is 2.56. The number of nitriles is 1. The average molecular weight is 278 g/mol. The first-order chi connectivity index (χ1) is 8.61. The summed E-state index contributed by atoms with van der Waals surface area (Å²) in [5.41, 5.74) is 8.49. The van der Waals surface area contributed by atoms with Crippen LogP contribution in [0.15, 0.2) is 30.5 Å². The Hall–Kier alpha value is -1.76. The van der Waals surface area contributed by atoms with Crippen LogP contribution in [0.25, 0.3) is 11.3 Å². The molecule has 0 bridgehead atoms. The Labute approximate surface area is 115 Å². The number of pyridine rings is 1. The summed E-state index contributed by atoms with van der Waals surface area (Å²) >= 11 is 11.8. The van der Waals surface area contributed by atoms with Gasteiger partial charge in [-0.3, -0.25) is 4.98 Å². The molecule has 0 amide bonds. The number of benzene rings is 1. The Morgan fingerprint density at radius 3 is 2.67 bits per heavy atom. The van der Waals surface area contributed by atoms with E-state index in [0.29, 0.717) is 21.4 Å². The summed E-state index contributed by atoms with van der Waals surface area (Å²) in [4.78, 5) is 4.26. The van der Waals surface area contributed by atoms with Gasteiger partial charge in [0.1, 0.15) is 0 Å². The summed E-state index contributed by atoms with van der Waals surface area (Å²) in [6.07, 6.45) is 1.80. The van der Waals surface area contributed by atoms with Crippen molar-refractivity contribution in [2.45, 2.75) is 6.42 Å². The van der Waals surface area contributed by atoms with Gasteiger partial charge in [-0.2, -0.15) is 5.26 Å². The van der Waals surface area contributed by atoms with E-state index >= 15 is 0 Å². The van der Waals surface area contributed by atoms with E-state index in [0.717, 1.165) is 11.1 Å². The number of hydrogen-bond donors (Lipinski definition) is 1. The van der Waals surface area contributed by atoms with Crippen LogP contribution in [-0.4, -0.2) is 4.98 Å². The minimum atomic E-state index is 0.244. The molecule has 2 N–H and O–H groups in total. The van der Waals surface area contributed by atoms with E-state index in [1.165, 1.54) is 0 Å². The number of rotatable bonds is 2. The van der Waals surface area contributed by atoms with Gasteiger partial charge >= 0.3 is 0 Å². The fourth-order valence-corrected chi connectivity index (χ4v) is 1.95. The van der Waals surface area contributed by atoms with Crippen molar-refractivity contribution in [2.75, 3.05) is 5.73 Å². The molecule has 1 heterocycles. The number of nitrogens with zero attached hydrogens (tertiary/aromatic N) is 2. The van der Waals surface area contributed by atoms with Crippen LogP contribution in [0.2, 0.25) is 10.0 Å². The summed E-state index contributed by atoms with van der Waals surface area (Å²) in [6, 6.07) is 9.08. The fraction of sp³-hybridized carbons (Fsp3) is 0.0769. The number of hydrogen-bond acceptors (Lipinski definition) is 3. The molecule has 5 heteroatoms. The molecule has 3 nitrogen and oxygen atoms in total. The number of aromatic nitrogens is 1. The Bertz CT molecular complexity index is 633. The molecule has 0 fully saturated rings. The van der Waals surface area contributed by atoms with Gasteiger partial charge in [0.15, 0.2) is 0 Å². The maximum Gasteiger partial charge on any atom is 0.0746 e. The standard InChI is InChI=1S/C13H9Cl2N3/c14-11-2-1-8(6-12(11)15)13-9(3-4-16)5-10(17)7-18-13/h1-2,5-7H,3,17H2. The summed E-state index contributed by atoms with van der Waals surface area (Å²) in [6.45, 7) is 0. The van der Waals surface area contributed by atoms with Crippen molar-refractivity contribution in [1.29, 1.82) is 5.26 Å². The molecule has 0 spiro atoms. The molecular weight excluding hydrogens is 269 g/mol. The van der Waals surface area contributed by atoms with Crippen molar-refractivity contribution in [3.05, 3.63) is 46.1 Å². The lowest BCUT2D eigenvalue weighted by atomic mass is 10.0. The second-order valence-corrected chi connectivity index (χ2v) is 4.55. The first kappa shape index (κ1) is 12.7. The molecule has 2 aromatic rings. The molecule has 1 aromatic carbocycles. The maximum absolute atomic E-state index is 8.81. The lowest BCUT2D eigenvalue weighted by Crippen LogP contribution is -1.96. The van der Waals surface area contributed by atoms with Gasteiger partial charge in [-0.25, -0.2) is 0 Å². The largest absolute Gasteiger partial charge is 0.397 e. The molecule has 0 aliphatic rings. The topological polar surface area (TPSA) is 62.7 Å². The van der Waals surface area contributed by atoms with E-state index in [1.54, 1.807) is 24.4 Å². The zero-order valence-electron chi connectivity index (χ0n) is 9.32. The third-order valence-electron chi connectivity index (χ3n) is 2.45. The zero-order chi connectivity index (χ0) is 13.1.